The molecule has 1 saturated heterocycles. The number of sulfonamides is 1. The predicted molar refractivity (Wildman–Crippen MR) is 99.7 cm³/mol. The van der Waals surface area contributed by atoms with Crippen LogP contribution in [0.25, 0.3) is 5.65 Å². The molecular weight excluding hydrogens is 352 g/mol. The van der Waals surface area contributed by atoms with Gasteiger partial charge in [0.05, 0.1) is 5.25 Å². The van der Waals surface area contributed by atoms with Crippen LogP contribution in [0, 0.1) is 6.92 Å². The van der Waals surface area contributed by atoms with Gasteiger partial charge in [-0.3, -0.25) is 0 Å². The first-order valence-electron chi connectivity index (χ1n) is 9.49. The zero-order valence-corrected chi connectivity index (χ0v) is 16.0. The smallest absolute Gasteiger partial charge is 0.217 e. The van der Waals surface area contributed by atoms with E-state index in [0.29, 0.717) is 19.6 Å². The fraction of sp³-hybridized carbons (Fsp3) is 0.706. The molecule has 4 rings (SSSR count). The van der Waals surface area contributed by atoms with E-state index in [4.69, 9.17) is 0 Å². The summed E-state index contributed by atoms with van der Waals surface area (Å²) in [6.07, 6.45) is 5.67. The Balaban J connectivity index is 1.49. The minimum Gasteiger partial charge on any atom is -0.354 e. The Morgan fingerprint density at radius 2 is 1.77 bits per heavy atom. The Hall–Kier alpha value is -1.74. The number of aryl methyl sites for hydroxylation is 1. The number of nitrogens with zero attached hydrogens (tertiary/aromatic N) is 6. The van der Waals surface area contributed by atoms with Crippen molar-refractivity contribution in [2.24, 2.45) is 0 Å². The summed E-state index contributed by atoms with van der Waals surface area (Å²) in [6.45, 7) is 4.46. The van der Waals surface area contributed by atoms with Gasteiger partial charge in [0.1, 0.15) is 5.82 Å². The fourth-order valence-electron chi connectivity index (χ4n) is 4.01. The molecular formula is C17H26N6O2S. The van der Waals surface area contributed by atoms with Crippen LogP contribution >= 0.6 is 0 Å². The van der Waals surface area contributed by atoms with Crippen molar-refractivity contribution < 1.29 is 8.42 Å². The largest absolute Gasteiger partial charge is 0.354 e. The fourth-order valence-corrected chi connectivity index (χ4v) is 6.08. The van der Waals surface area contributed by atoms with Crippen LogP contribution in [0.4, 0.5) is 5.82 Å². The molecule has 142 valence electrons. The van der Waals surface area contributed by atoms with E-state index in [9.17, 15) is 8.42 Å². The van der Waals surface area contributed by atoms with E-state index in [-0.39, 0.29) is 5.25 Å². The third-order valence-electron chi connectivity index (χ3n) is 5.52. The van der Waals surface area contributed by atoms with Gasteiger partial charge in [-0.1, -0.05) is 19.3 Å². The normalized spacial score (nSPS) is 21.2. The highest BCUT2D eigenvalue weighted by Gasteiger charge is 2.34. The van der Waals surface area contributed by atoms with Crippen molar-refractivity contribution in [1.82, 2.24) is 24.1 Å². The molecule has 0 bridgehead atoms. The van der Waals surface area contributed by atoms with Gasteiger partial charge >= 0.3 is 0 Å². The first kappa shape index (κ1) is 17.7. The number of aromatic nitrogens is 4. The summed E-state index contributed by atoms with van der Waals surface area (Å²) < 4.78 is 29.4. The lowest BCUT2D eigenvalue weighted by Crippen LogP contribution is -2.41. The number of rotatable bonds is 3. The highest BCUT2D eigenvalue weighted by atomic mass is 32.2. The lowest BCUT2D eigenvalue weighted by Gasteiger charge is -2.29. The van der Waals surface area contributed by atoms with Crippen molar-refractivity contribution in [3.8, 4) is 0 Å². The van der Waals surface area contributed by atoms with Gasteiger partial charge in [-0.15, -0.1) is 15.3 Å². The van der Waals surface area contributed by atoms with Gasteiger partial charge in [0, 0.05) is 26.2 Å². The second kappa shape index (κ2) is 7.11. The summed E-state index contributed by atoms with van der Waals surface area (Å²) in [4.78, 5) is 2.16. The van der Waals surface area contributed by atoms with Crippen molar-refractivity contribution in [2.45, 2.75) is 50.7 Å². The van der Waals surface area contributed by atoms with E-state index in [1.54, 1.807) is 8.82 Å². The molecule has 1 aliphatic heterocycles. The Bertz CT molecular complexity index is 875. The SMILES string of the molecule is Cc1nnc2ccc(N3CCCN(S(=O)(=O)C4CCCCC4)CC3)nn12. The molecule has 0 atom stereocenters. The molecule has 0 N–H and O–H groups in total. The quantitative estimate of drug-likeness (QED) is 0.807. The first-order chi connectivity index (χ1) is 12.6. The Kier molecular flexibility index (Phi) is 4.83. The van der Waals surface area contributed by atoms with E-state index in [1.807, 2.05) is 19.1 Å². The third-order valence-corrected chi connectivity index (χ3v) is 7.92. The monoisotopic (exact) mass is 378 g/mol. The van der Waals surface area contributed by atoms with Crippen molar-refractivity contribution >= 4 is 21.5 Å². The Labute approximate surface area is 154 Å². The summed E-state index contributed by atoms with van der Waals surface area (Å²) in [5.41, 5.74) is 0.725. The summed E-state index contributed by atoms with van der Waals surface area (Å²) in [5.74, 6) is 1.59. The van der Waals surface area contributed by atoms with Gasteiger partial charge in [0.15, 0.2) is 11.5 Å². The van der Waals surface area contributed by atoms with Gasteiger partial charge in [-0.05, 0) is 38.3 Å². The maximum Gasteiger partial charge on any atom is 0.217 e. The summed E-state index contributed by atoms with van der Waals surface area (Å²) in [7, 11) is -3.19. The van der Waals surface area contributed by atoms with E-state index >= 15 is 0 Å². The van der Waals surface area contributed by atoms with Gasteiger partial charge < -0.3 is 4.90 Å². The molecule has 2 aromatic heterocycles. The minimum atomic E-state index is -3.19. The van der Waals surface area contributed by atoms with Crippen LogP contribution in [-0.2, 0) is 10.0 Å². The molecule has 9 heteroatoms. The summed E-state index contributed by atoms with van der Waals surface area (Å²) >= 11 is 0. The van der Waals surface area contributed by atoms with Crippen molar-refractivity contribution in [1.29, 1.82) is 0 Å². The van der Waals surface area contributed by atoms with Crippen LogP contribution in [0.3, 0.4) is 0 Å². The Morgan fingerprint density at radius 1 is 0.962 bits per heavy atom. The Morgan fingerprint density at radius 3 is 2.58 bits per heavy atom. The molecule has 2 aliphatic rings. The number of fused-ring (bicyclic) bond motifs is 1. The standard InChI is InChI=1S/C17H26N6O2S/c1-14-18-19-16-8-9-17(20-23(14)16)21-10-5-11-22(13-12-21)26(24,25)15-6-3-2-4-7-15/h8-9,15H,2-7,10-13H2,1H3. The number of anilines is 1. The molecule has 1 saturated carbocycles. The zero-order chi connectivity index (χ0) is 18.1. The first-order valence-corrected chi connectivity index (χ1v) is 11.0. The molecule has 8 nitrogen and oxygen atoms in total. The average molecular weight is 379 g/mol. The lowest BCUT2D eigenvalue weighted by atomic mass is 10.0. The van der Waals surface area contributed by atoms with E-state index in [1.165, 1.54) is 0 Å². The second-order valence-corrected chi connectivity index (χ2v) is 9.47. The van der Waals surface area contributed by atoms with E-state index < -0.39 is 10.0 Å². The van der Waals surface area contributed by atoms with E-state index in [0.717, 1.165) is 62.4 Å². The molecule has 0 spiro atoms. The number of hydrogen-bond acceptors (Lipinski definition) is 6. The maximum atomic E-state index is 13.0. The van der Waals surface area contributed by atoms with Crippen molar-refractivity contribution in [3.05, 3.63) is 18.0 Å². The van der Waals surface area contributed by atoms with Crippen LogP contribution in [-0.4, -0.2) is 64.0 Å². The molecule has 2 fully saturated rings. The van der Waals surface area contributed by atoms with Crippen LogP contribution < -0.4 is 4.90 Å². The maximum absolute atomic E-state index is 13.0. The van der Waals surface area contributed by atoms with E-state index in [2.05, 4.69) is 20.2 Å². The molecule has 1 aliphatic carbocycles. The van der Waals surface area contributed by atoms with Gasteiger partial charge in [0.25, 0.3) is 0 Å². The van der Waals surface area contributed by atoms with Gasteiger partial charge in [-0.25, -0.2) is 8.42 Å². The molecule has 3 heterocycles. The van der Waals surface area contributed by atoms with Crippen LogP contribution in [0.2, 0.25) is 0 Å². The van der Waals surface area contributed by atoms with Gasteiger partial charge in [-0.2, -0.15) is 8.82 Å². The van der Waals surface area contributed by atoms with Crippen LogP contribution in [0.1, 0.15) is 44.3 Å². The van der Waals surface area contributed by atoms with Crippen molar-refractivity contribution in [3.63, 3.8) is 0 Å². The molecule has 0 aromatic carbocycles. The highest BCUT2D eigenvalue weighted by Crippen LogP contribution is 2.27. The third kappa shape index (κ3) is 3.29. The molecule has 0 unspecified atom stereocenters. The summed E-state index contributed by atoms with van der Waals surface area (Å²) in [5, 5.41) is 12.5. The molecule has 2 aromatic rings. The minimum absolute atomic E-state index is 0.183. The number of hydrogen-bond donors (Lipinski definition) is 0. The topological polar surface area (TPSA) is 83.7 Å². The lowest BCUT2D eigenvalue weighted by molar-refractivity contribution is 0.402. The van der Waals surface area contributed by atoms with Gasteiger partial charge in [0.2, 0.25) is 10.0 Å². The molecule has 0 radical (unpaired) electrons. The van der Waals surface area contributed by atoms with Crippen LogP contribution in [0.15, 0.2) is 12.1 Å². The molecule has 0 amide bonds. The average Bonchev–Trinajstić information content (AvgIpc) is 2.87. The molecule has 26 heavy (non-hydrogen) atoms. The highest BCUT2D eigenvalue weighted by molar-refractivity contribution is 7.89. The zero-order valence-electron chi connectivity index (χ0n) is 15.2. The van der Waals surface area contributed by atoms with Crippen LogP contribution in [0.5, 0.6) is 0 Å². The predicted octanol–water partition coefficient (Wildman–Crippen LogP) is 1.61. The second-order valence-electron chi connectivity index (χ2n) is 7.25. The van der Waals surface area contributed by atoms with Crippen molar-refractivity contribution in [2.75, 3.05) is 31.1 Å². The summed E-state index contributed by atoms with van der Waals surface area (Å²) in [6, 6.07) is 3.85.